The van der Waals surface area contributed by atoms with Gasteiger partial charge in [0.05, 0.1) is 0 Å². The molecule has 0 atom stereocenters. The predicted molar refractivity (Wildman–Crippen MR) is 116 cm³/mol. The molecule has 0 aliphatic heterocycles. The van der Waals surface area contributed by atoms with Gasteiger partial charge in [0.2, 0.25) is 5.91 Å². The fourth-order valence-corrected chi connectivity index (χ4v) is 3.18. The average molecular weight is 395 g/mol. The van der Waals surface area contributed by atoms with Crippen molar-refractivity contribution in [3.63, 3.8) is 0 Å². The molecule has 3 aromatic rings. The molecule has 2 aromatic carbocycles. The number of carbonyl (C=O) groups excluding carboxylic acids is 1. The predicted octanol–water partition coefficient (Wildman–Crippen LogP) is 3.22. The maximum Gasteiger partial charge on any atom is 0.221 e. The number of hydrogen-bond acceptors (Lipinski definition) is 2. The van der Waals surface area contributed by atoms with Gasteiger partial charge in [0.25, 0.3) is 0 Å². The third-order valence-electron chi connectivity index (χ3n) is 4.62. The Morgan fingerprint density at radius 2 is 1.79 bits per heavy atom. The van der Waals surface area contributed by atoms with E-state index in [2.05, 4.69) is 25.9 Å². The third-order valence-corrected chi connectivity index (χ3v) is 4.62. The van der Waals surface area contributed by atoms with Crippen LogP contribution in [0, 0.1) is 5.82 Å². The summed E-state index contributed by atoms with van der Waals surface area (Å²) in [5.74, 6) is 0.429. The molecule has 0 radical (unpaired) electrons. The Balaban J connectivity index is 1.43. The topological polar surface area (TPSA) is 81.3 Å². The van der Waals surface area contributed by atoms with E-state index in [1.165, 1.54) is 24.6 Å². The standard InChI is InChI=1S/C22H26FN5O/c1-15(29)28-19-6-3-16(4-7-19)9-11-25-22(24-2)26-12-10-17-14-27-21-13-18(23)5-8-20(17)21/h3-8,13-14,27H,9-12H2,1-2H3,(H,28,29)(H2,24,25,26). The number of anilines is 1. The lowest BCUT2D eigenvalue weighted by atomic mass is 10.1. The monoisotopic (exact) mass is 395 g/mol. The van der Waals surface area contributed by atoms with Gasteiger partial charge in [-0.05, 0) is 54.3 Å². The molecule has 1 amide bonds. The van der Waals surface area contributed by atoms with Crippen LogP contribution in [0.4, 0.5) is 10.1 Å². The Labute approximate surface area is 169 Å². The van der Waals surface area contributed by atoms with Gasteiger partial charge in [-0.2, -0.15) is 0 Å². The zero-order chi connectivity index (χ0) is 20.6. The molecule has 3 rings (SSSR count). The first kappa shape index (κ1) is 20.4. The van der Waals surface area contributed by atoms with Crippen LogP contribution in [-0.2, 0) is 17.6 Å². The molecule has 0 unspecified atom stereocenters. The summed E-state index contributed by atoms with van der Waals surface area (Å²) in [5, 5.41) is 10.4. The van der Waals surface area contributed by atoms with E-state index >= 15 is 0 Å². The fourth-order valence-electron chi connectivity index (χ4n) is 3.18. The summed E-state index contributed by atoms with van der Waals surface area (Å²) in [7, 11) is 1.74. The summed E-state index contributed by atoms with van der Waals surface area (Å²) in [6, 6.07) is 12.6. The number of aliphatic imine (C=N–C) groups is 1. The highest BCUT2D eigenvalue weighted by Gasteiger charge is 2.05. The highest BCUT2D eigenvalue weighted by Crippen LogP contribution is 2.19. The minimum Gasteiger partial charge on any atom is -0.361 e. The Bertz CT molecular complexity index is 994. The molecular weight excluding hydrogens is 369 g/mol. The number of aromatic amines is 1. The number of nitrogens with one attached hydrogen (secondary N) is 4. The van der Waals surface area contributed by atoms with E-state index in [1.54, 1.807) is 13.1 Å². The van der Waals surface area contributed by atoms with Crippen LogP contribution < -0.4 is 16.0 Å². The van der Waals surface area contributed by atoms with Crippen LogP contribution in [0.2, 0.25) is 0 Å². The number of H-pyrrole nitrogens is 1. The second-order valence-corrected chi connectivity index (χ2v) is 6.81. The van der Waals surface area contributed by atoms with Gasteiger partial charge in [-0.15, -0.1) is 0 Å². The van der Waals surface area contributed by atoms with Crippen LogP contribution in [-0.4, -0.2) is 37.0 Å². The minimum atomic E-state index is -0.238. The molecule has 0 saturated heterocycles. The Morgan fingerprint density at radius 3 is 2.48 bits per heavy atom. The van der Waals surface area contributed by atoms with Crippen molar-refractivity contribution in [1.29, 1.82) is 0 Å². The van der Waals surface area contributed by atoms with Gasteiger partial charge in [-0.25, -0.2) is 4.39 Å². The zero-order valence-electron chi connectivity index (χ0n) is 16.7. The van der Waals surface area contributed by atoms with Crippen LogP contribution in [0.5, 0.6) is 0 Å². The smallest absolute Gasteiger partial charge is 0.221 e. The first-order valence-electron chi connectivity index (χ1n) is 9.61. The Kier molecular flexibility index (Phi) is 6.84. The SMILES string of the molecule is CN=C(NCCc1ccc(NC(C)=O)cc1)NCCc1c[nH]c2cc(F)ccc12. The normalized spacial score (nSPS) is 11.5. The van der Waals surface area contributed by atoms with E-state index in [-0.39, 0.29) is 11.7 Å². The molecule has 152 valence electrons. The summed E-state index contributed by atoms with van der Waals surface area (Å²) < 4.78 is 13.3. The van der Waals surface area contributed by atoms with Gasteiger partial charge >= 0.3 is 0 Å². The van der Waals surface area contributed by atoms with Crippen molar-refractivity contribution in [2.24, 2.45) is 4.99 Å². The molecule has 4 N–H and O–H groups in total. The van der Waals surface area contributed by atoms with E-state index in [9.17, 15) is 9.18 Å². The van der Waals surface area contributed by atoms with Gasteiger partial charge in [0.1, 0.15) is 5.82 Å². The summed E-state index contributed by atoms with van der Waals surface area (Å²) in [6.07, 6.45) is 3.57. The fraction of sp³-hybridized carbons (Fsp3) is 0.273. The number of amides is 1. The largest absolute Gasteiger partial charge is 0.361 e. The molecule has 6 nitrogen and oxygen atoms in total. The molecule has 0 aliphatic rings. The summed E-state index contributed by atoms with van der Waals surface area (Å²) in [6.45, 7) is 2.95. The quantitative estimate of drug-likeness (QED) is 0.366. The highest BCUT2D eigenvalue weighted by atomic mass is 19.1. The number of benzene rings is 2. The van der Waals surface area contributed by atoms with Crippen LogP contribution in [0.25, 0.3) is 10.9 Å². The molecule has 0 saturated carbocycles. The number of guanidine groups is 1. The van der Waals surface area contributed by atoms with Crippen LogP contribution in [0.1, 0.15) is 18.1 Å². The van der Waals surface area contributed by atoms with E-state index in [0.717, 1.165) is 54.0 Å². The second-order valence-electron chi connectivity index (χ2n) is 6.81. The molecule has 0 spiro atoms. The third kappa shape index (κ3) is 5.81. The lowest BCUT2D eigenvalue weighted by Crippen LogP contribution is -2.39. The zero-order valence-corrected chi connectivity index (χ0v) is 16.7. The maximum absolute atomic E-state index is 13.3. The molecule has 1 aromatic heterocycles. The first-order valence-corrected chi connectivity index (χ1v) is 9.61. The van der Waals surface area contributed by atoms with Crippen LogP contribution >= 0.6 is 0 Å². The number of fused-ring (bicyclic) bond motifs is 1. The van der Waals surface area contributed by atoms with Gasteiger partial charge in [-0.3, -0.25) is 9.79 Å². The molecule has 0 aliphatic carbocycles. The lowest BCUT2D eigenvalue weighted by Gasteiger charge is -2.12. The van der Waals surface area contributed by atoms with Crippen LogP contribution in [0.3, 0.4) is 0 Å². The van der Waals surface area contributed by atoms with Crippen molar-refractivity contribution >= 4 is 28.5 Å². The Morgan fingerprint density at radius 1 is 1.07 bits per heavy atom. The summed E-state index contributed by atoms with van der Waals surface area (Å²) in [4.78, 5) is 18.4. The average Bonchev–Trinajstić information content (AvgIpc) is 3.09. The molecule has 0 fully saturated rings. The van der Waals surface area contributed by atoms with Gasteiger partial charge in [0.15, 0.2) is 5.96 Å². The molecule has 0 bridgehead atoms. The van der Waals surface area contributed by atoms with E-state index in [1.807, 2.05) is 30.5 Å². The molecule has 29 heavy (non-hydrogen) atoms. The maximum atomic E-state index is 13.3. The van der Waals surface area contributed by atoms with Gasteiger partial charge in [-0.1, -0.05) is 12.1 Å². The summed E-state index contributed by atoms with van der Waals surface area (Å²) in [5.41, 5.74) is 3.93. The highest BCUT2D eigenvalue weighted by molar-refractivity contribution is 5.88. The second kappa shape index (κ2) is 9.73. The Hall–Kier alpha value is -3.35. The van der Waals surface area contributed by atoms with Gasteiger partial charge in [0, 0.05) is 49.8 Å². The number of halogens is 1. The number of rotatable bonds is 7. The minimum absolute atomic E-state index is 0.0749. The van der Waals surface area contributed by atoms with Crippen molar-refractivity contribution in [2.75, 3.05) is 25.5 Å². The molecular formula is C22H26FN5O. The van der Waals surface area contributed by atoms with Gasteiger partial charge < -0.3 is 20.9 Å². The number of hydrogen-bond donors (Lipinski definition) is 4. The summed E-state index contributed by atoms with van der Waals surface area (Å²) >= 11 is 0. The van der Waals surface area contributed by atoms with Crippen molar-refractivity contribution in [1.82, 2.24) is 15.6 Å². The van der Waals surface area contributed by atoms with Crippen molar-refractivity contribution in [3.8, 4) is 0 Å². The van der Waals surface area contributed by atoms with E-state index < -0.39 is 0 Å². The number of aromatic nitrogens is 1. The first-order chi connectivity index (χ1) is 14.0. The number of carbonyl (C=O) groups is 1. The van der Waals surface area contributed by atoms with E-state index in [0.29, 0.717) is 0 Å². The van der Waals surface area contributed by atoms with Crippen molar-refractivity contribution < 1.29 is 9.18 Å². The molecule has 7 heteroatoms. The van der Waals surface area contributed by atoms with Crippen LogP contribution in [0.15, 0.2) is 53.7 Å². The van der Waals surface area contributed by atoms with E-state index in [4.69, 9.17) is 0 Å². The van der Waals surface area contributed by atoms with Crippen molar-refractivity contribution in [2.45, 2.75) is 19.8 Å². The molecule has 1 heterocycles. The van der Waals surface area contributed by atoms with Crippen molar-refractivity contribution in [3.05, 3.63) is 65.6 Å². The number of nitrogens with zero attached hydrogens (tertiary/aromatic N) is 1. The lowest BCUT2D eigenvalue weighted by molar-refractivity contribution is -0.114.